The highest BCUT2D eigenvalue weighted by molar-refractivity contribution is 5.89. The van der Waals surface area contributed by atoms with Crippen molar-refractivity contribution in [3.05, 3.63) is 36.5 Å². The lowest BCUT2D eigenvalue weighted by Crippen LogP contribution is -2.44. The molecule has 2 heterocycles. The average Bonchev–Trinajstić information content (AvgIpc) is 2.67. The third-order valence-corrected chi connectivity index (χ3v) is 4.10. The summed E-state index contributed by atoms with van der Waals surface area (Å²) in [4.78, 5) is 22.9. The first-order chi connectivity index (χ1) is 12.7. The predicted octanol–water partition coefficient (Wildman–Crippen LogP) is 1.48. The molecule has 1 aromatic heterocycles. The van der Waals surface area contributed by atoms with Gasteiger partial charge < -0.3 is 25.4 Å². The molecular weight excluding hydrogens is 334 g/mol. The molecule has 26 heavy (non-hydrogen) atoms. The largest absolute Gasteiger partial charge is 0.395 e. The standard InChI is InChI=1S/C18H23N5O3/c1-13-12-26-11-9-23(13)16-6-7-19-17(22-16)14-2-4-15(5-3-14)21-18(25)20-8-10-24/h2-7,13,24H,8-12H2,1H3,(H2,20,21,25)/t13-/m0/s1. The first-order valence-electron chi connectivity index (χ1n) is 8.61. The highest BCUT2D eigenvalue weighted by atomic mass is 16.5. The molecule has 0 unspecified atom stereocenters. The lowest BCUT2D eigenvalue weighted by Gasteiger charge is -2.34. The molecule has 2 amide bonds. The summed E-state index contributed by atoms with van der Waals surface area (Å²) in [5, 5.41) is 13.9. The summed E-state index contributed by atoms with van der Waals surface area (Å²) in [6.45, 7) is 4.43. The summed E-state index contributed by atoms with van der Waals surface area (Å²) in [6.07, 6.45) is 1.76. The number of anilines is 2. The van der Waals surface area contributed by atoms with Crippen LogP contribution in [0.3, 0.4) is 0 Å². The molecule has 0 aliphatic carbocycles. The Balaban J connectivity index is 1.71. The van der Waals surface area contributed by atoms with Crippen molar-refractivity contribution in [1.29, 1.82) is 0 Å². The van der Waals surface area contributed by atoms with Crippen LogP contribution in [-0.4, -0.2) is 60.1 Å². The molecule has 0 radical (unpaired) electrons. The molecule has 0 spiro atoms. The molecule has 3 rings (SSSR count). The van der Waals surface area contributed by atoms with Gasteiger partial charge in [-0.3, -0.25) is 0 Å². The average molecular weight is 357 g/mol. The quantitative estimate of drug-likeness (QED) is 0.750. The number of hydrogen-bond acceptors (Lipinski definition) is 6. The molecule has 138 valence electrons. The Labute approximate surface area is 152 Å². The zero-order valence-corrected chi connectivity index (χ0v) is 14.7. The molecule has 8 nitrogen and oxygen atoms in total. The number of benzene rings is 1. The van der Waals surface area contributed by atoms with E-state index in [1.165, 1.54) is 0 Å². The zero-order chi connectivity index (χ0) is 18.4. The summed E-state index contributed by atoms with van der Waals surface area (Å²) in [6, 6.07) is 9.14. The summed E-state index contributed by atoms with van der Waals surface area (Å²) >= 11 is 0. The van der Waals surface area contributed by atoms with Crippen molar-refractivity contribution >= 4 is 17.5 Å². The van der Waals surface area contributed by atoms with Gasteiger partial charge in [-0.15, -0.1) is 0 Å². The van der Waals surface area contributed by atoms with Gasteiger partial charge in [0.2, 0.25) is 0 Å². The fraction of sp³-hybridized carbons (Fsp3) is 0.389. The van der Waals surface area contributed by atoms with Crippen molar-refractivity contribution in [3.8, 4) is 11.4 Å². The first-order valence-corrected chi connectivity index (χ1v) is 8.61. The van der Waals surface area contributed by atoms with Gasteiger partial charge in [-0.25, -0.2) is 14.8 Å². The Morgan fingerprint density at radius 3 is 2.88 bits per heavy atom. The molecule has 1 aromatic carbocycles. The van der Waals surface area contributed by atoms with Crippen molar-refractivity contribution < 1.29 is 14.6 Å². The topological polar surface area (TPSA) is 99.6 Å². The van der Waals surface area contributed by atoms with E-state index in [1.807, 2.05) is 18.2 Å². The number of hydrogen-bond donors (Lipinski definition) is 3. The number of rotatable bonds is 5. The highest BCUT2D eigenvalue weighted by Gasteiger charge is 2.20. The van der Waals surface area contributed by atoms with Gasteiger partial charge in [-0.2, -0.15) is 0 Å². The predicted molar refractivity (Wildman–Crippen MR) is 99.2 cm³/mol. The number of aliphatic hydroxyl groups is 1. The van der Waals surface area contributed by atoms with E-state index in [9.17, 15) is 4.79 Å². The van der Waals surface area contributed by atoms with E-state index in [0.717, 1.165) is 17.9 Å². The molecule has 0 bridgehead atoms. The monoisotopic (exact) mass is 357 g/mol. The number of ether oxygens (including phenoxy) is 1. The fourth-order valence-electron chi connectivity index (χ4n) is 2.76. The third kappa shape index (κ3) is 4.47. The van der Waals surface area contributed by atoms with Crippen LogP contribution < -0.4 is 15.5 Å². The van der Waals surface area contributed by atoms with Gasteiger partial charge in [-0.1, -0.05) is 0 Å². The lowest BCUT2D eigenvalue weighted by atomic mass is 10.2. The summed E-state index contributed by atoms with van der Waals surface area (Å²) in [5.41, 5.74) is 1.52. The van der Waals surface area contributed by atoms with Gasteiger partial charge in [0.05, 0.1) is 25.9 Å². The van der Waals surface area contributed by atoms with Crippen LogP contribution in [0, 0.1) is 0 Å². The number of carbonyl (C=O) groups excluding carboxylic acids is 1. The van der Waals surface area contributed by atoms with Gasteiger partial charge >= 0.3 is 6.03 Å². The van der Waals surface area contributed by atoms with Gasteiger partial charge in [-0.05, 0) is 37.3 Å². The lowest BCUT2D eigenvalue weighted by molar-refractivity contribution is 0.0985. The van der Waals surface area contributed by atoms with E-state index >= 15 is 0 Å². The second-order valence-corrected chi connectivity index (χ2v) is 6.04. The Morgan fingerprint density at radius 2 is 2.15 bits per heavy atom. The van der Waals surface area contributed by atoms with Gasteiger partial charge in [0.25, 0.3) is 0 Å². The van der Waals surface area contributed by atoms with Crippen molar-refractivity contribution in [1.82, 2.24) is 15.3 Å². The summed E-state index contributed by atoms with van der Waals surface area (Å²) in [5.74, 6) is 1.52. The normalized spacial score (nSPS) is 17.0. The molecule has 0 saturated carbocycles. The molecular formula is C18H23N5O3. The molecule has 1 aliphatic rings. The Bertz CT molecular complexity index is 738. The highest BCUT2D eigenvalue weighted by Crippen LogP contribution is 2.22. The van der Waals surface area contributed by atoms with E-state index in [2.05, 4.69) is 32.4 Å². The molecule has 1 fully saturated rings. The van der Waals surface area contributed by atoms with Gasteiger partial charge in [0.1, 0.15) is 5.82 Å². The summed E-state index contributed by atoms with van der Waals surface area (Å²) in [7, 11) is 0. The van der Waals surface area contributed by atoms with E-state index in [1.54, 1.807) is 18.3 Å². The van der Waals surface area contributed by atoms with E-state index < -0.39 is 0 Å². The van der Waals surface area contributed by atoms with Crippen molar-refractivity contribution in [2.24, 2.45) is 0 Å². The molecule has 1 atom stereocenters. The van der Waals surface area contributed by atoms with E-state index in [-0.39, 0.29) is 25.2 Å². The van der Waals surface area contributed by atoms with Crippen LogP contribution >= 0.6 is 0 Å². The smallest absolute Gasteiger partial charge is 0.319 e. The van der Waals surface area contributed by atoms with Crippen LogP contribution in [0.15, 0.2) is 36.5 Å². The Kier molecular flexibility index (Phi) is 5.98. The van der Waals surface area contributed by atoms with Crippen LogP contribution in [-0.2, 0) is 4.74 Å². The fourth-order valence-corrected chi connectivity index (χ4v) is 2.76. The Morgan fingerprint density at radius 1 is 1.35 bits per heavy atom. The molecule has 8 heteroatoms. The maximum Gasteiger partial charge on any atom is 0.319 e. The number of nitrogens with zero attached hydrogens (tertiary/aromatic N) is 3. The molecule has 3 N–H and O–H groups in total. The minimum absolute atomic E-state index is 0.0954. The first kappa shape index (κ1) is 18.1. The number of nitrogens with one attached hydrogen (secondary N) is 2. The van der Waals surface area contributed by atoms with Gasteiger partial charge in [0, 0.05) is 30.5 Å². The molecule has 1 aliphatic heterocycles. The maximum absolute atomic E-state index is 11.6. The van der Waals surface area contributed by atoms with Gasteiger partial charge in [0.15, 0.2) is 5.82 Å². The molecule has 2 aromatic rings. The third-order valence-electron chi connectivity index (χ3n) is 4.10. The number of carbonyl (C=O) groups is 1. The minimum Gasteiger partial charge on any atom is -0.395 e. The zero-order valence-electron chi connectivity index (χ0n) is 14.7. The van der Waals surface area contributed by atoms with Crippen molar-refractivity contribution in [3.63, 3.8) is 0 Å². The molecule has 1 saturated heterocycles. The van der Waals surface area contributed by atoms with Crippen LogP contribution in [0.1, 0.15) is 6.92 Å². The number of amides is 2. The van der Waals surface area contributed by atoms with Crippen LogP contribution in [0.2, 0.25) is 0 Å². The minimum atomic E-state index is -0.355. The number of aromatic nitrogens is 2. The number of urea groups is 1. The maximum atomic E-state index is 11.6. The Hall–Kier alpha value is -2.71. The van der Waals surface area contributed by atoms with Crippen LogP contribution in [0.25, 0.3) is 11.4 Å². The second-order valence-electron chi connectivity index (χ2n) is 6.04. The van der Waals surface area contributed by atoms with E-state index in [0.29, 0.717) is 24.7 Å². The van der Waals surface area contributed by atoms with Crippen LogP contribution in [0.5, 0.6) is 0 Å². The second kappa shape index (κ2) is 8.59. The van der Waals surface area contributed by atoms with Crippen molar-refractivity contribution in [2.75, 3.05) is 43.1 Å². The van der Waals surface area contributed by atoms with Crippen LogP contribution in [0.4, 0.5) is 16.3 Å². The number of aliphatic hydroxyl groups excluding tert-OH is 1. The van der Waals surface area contributed by atoms with Crippen molar-refractivity contribution in [2.45, 2.75) is 13.0 Å². The number of morpholine rings is 1. The summed E-state index contributed by atoms with van der Waals surface area (Å²) < 4.78 is 5.48. The van der Waals surface area contributed by atoms with E-state index in [4.69, 9.17) is 9.84 Å². The SMILES string of the molecule is C[C@H]1COCCN1c1ccnc(-c2ccc(NC(=O)NCCO)cc2)n1.